The second-order valence-corrected chi connectivity index (χ2v) is 7.24. The number of amides is 1. The minimum absolute atomic E-state index is 0.00755. The minimum atomic E-state index is -0.791. The maximum Gasteiger partial charge on any atom is 0.290 e. The van der Waals surface area contributed by atoms with Crippen LogP contribution in [0.3, 0.4) is 0 Å². The number of Topliss-reactive ketones (excluding diaryl/α,β-unsaturated/α-hetero) is 1. The van der Waals surface area contributed by atoms with Gasteiger partial charge in [0.1, 0.15) is 11.5 Å². The topological polar surface area (TPSA) is 89.2 Å². The predicted octanol–water partition coefficient (Wildman–Crippen LogP) is 3.35. The third kappa shape index (κ3) is 3.42. The van der Waals surface area contributed by atoms with Crippen molar-refractivity contribution in [2.24, 2.45) is 0 Å². The first kappa shape index (κ1) is 19.3. The van der Waals surface area contributed by atoms with E-state index in [0.717, 1.165) is 12.8 Å². The van der Waals surface area contributed by atoms with Crippen LogP contribution in [0.25, 0.3) is 0 Å². The van der Waals surface area contributed by atoms with Gasteiger partial charge in [-0.2, -0.15) is 0 Å². The summed E-state index contributed by atoms with van der Waals surface area (Å²) in [4.78, 5) is 27.7. The summed E-state index contributed by atoms with van der Waals surface area (Å²) in [7, 11) is 1.53. The Bertz CT molecular complexity index is 969. The number of ketones is 1. The molecular weight excluding hydrogens is 374 g/mol. The van der Waals surface area contributed by atoms with E-state index in [1.807, 2.05) is 6.07 Å². The Morgan fingerprint density at radius 1 is 1.28 bits per heavy atom. The van der Waals surface area contributed by atoms with Gasteiger partial charge in [0, 0.05) is 18.7 Å². The van der Waals surface area contributed by atoms with Crippen molar-refractivity contribution in [1.82, 2.24) is 4.90 Å². The van der Waals surface area contributed by atoms with Crippen molar-refractivity contribution in [3.8, 4) is 5.75 Å². The monoisotopic (exact) mass is 397 g/mol. The quantitative estimate of drug-likeness (QED) is 0.752. The van der Waals surface area contributed by atoms with E-state index in [1.165, 1.54) is 12.0 Å². The lowest BCUT2D eigenvalue weighted by molar-refractivity contribution is -0.131. The molecule has 1 N–H and O–H groups in total. The minimum Gasteiger partial charge on any atom is -0.503 e. The van der Waals surface area contributed by atoms with E-state index in [0.29, 0.717) is 23.7 Å². The Morgan fingerprint density at radius 2 is 2.07 bits per heavy atom. The number of aliphatic hydroxyl groups excluding tert-OH is 1. The highest BCUT2D eigenvalue weighted by Crippen LogP contribution is 2.42. The molecule has 1 aromatic carbocycles. The van der Waals surface area contributed by atoms with Gasteiger partial charge in [0.2, 0.25) is 5.78 Å². The van der Waals surface area contributed by atoms with E-state index in [-0.39, 0.29) is 24.0 Å². The summed E-state index contributed by atoms with van der Waals surface area (Å²) < 4.78 is 16.6. The molecule has 4 rings (SSSR count). The molecule has 1 saturated heterocycles. The second kappa shape index (κ2) is 7.75. The van der Waals surface area contributed by atoms with Crippen molar-refractivity contribution in [2.45, 2.75) is 31.9 Å². The third-order valence-electron chi connectivity index (χ3n) is 5.37. The highest BCUT2D eigenvalue weighted by atomic mass is 16.5. The van der Waals surface area contributed by atoms with Crippen LogP contribution in [-0.4, -0.2) is 48.1 Å². The molecule has 7 nitrogen and oxygen atoms in total. The molecule has 7 heteroatoms. The Kier molecular flexibility index (Phi) is 5.15. The van der Waals surface area contributed by atoms with E-state index < -0.39 is 23.5 Å². The lowest BCUT2D eigenvalue weighted by atomic mass is 9.94. The van der Waals surface area contributed by atoms with E-state index >= 15 is 0 Å². The van der Waals surface area contributed by atoms with E-state index in [9.17, 15) is 14.7 Å². The van der Waals surface area contributed by atoms with Gasteiger partial charge in [0.05, 0.1) is 24.8 Å². The molecule has 2 aromatic rings. The van der Waals surface area contributed by atoms with Crippen LogP contribution in [0.2, 0.25) is 0 Å². The number of hydrogen-bond donors (Lipinski definition) is 1. The number of furan rings is 1. The van der Waals surface area contributed by atoms with Gasteiger partial charge in [0.15, 0.2) is 11.5 Å². The number of rotatable bonds is 6. The first-order chi connectivity index (χ1) is 14.0. The van der Waals surface area contributed by atoms with Gasteiger partial charge in [-0.05, 0) is 38.0 Å². The molecule has 0 bridgehead atoms. The molecule has 0 saturated carbocycles. The molecule has 0 spiro atoms. The maximum atomic E-state index is 13.2. The molecule has 1 fully saturated rings. The van der Waals surface area contributed by atoms with Crippen molar-refractivity contribution in [2.75, 3.05) is 20.3 Å². The number of carbonyl (C=O) groups excluding carboxylic acids is 2. The number of nitrogens with zero attached hydrogens (tertiary/aromatic N) is 1. The summed E-state index contributed by atoms with van der Waals surface area (Å²) in [6, 6.07) is 9.59. The summed E-state index contributed by atoms with van der Waals surface area (Å²) in [6.45, 7) is 2.65. The average Bonchev–Trinajstić information content (AvgIpc) is 3.45. The first-order valence-corrected chi connectivity index (χ1v) is 9.61. The highest BCUT2D eigenvalue weighted by Gasteiger charge is 2.46. The molecule has 29 heavy (non-hydrogen) atoms. The number of methoxy groups -OCH3 is 1. The Morgan fingerprint density at radius 3 is 2.72 bits per heavy atom. The number of hydrogen-bond acceptors (Lipinski definition) is 6. The Labute approximate surface area is 168 Å². The zero-order valence-corrected chi connectivity index (χ0v) is 16.4. The lowest BCUT2D eigenvalue weighted by Crippen LogP contribution is -2.37. The first-order valence-electron chi connectivity index (χ1n) is 9.61. The van der Waals surface area contributed by atoms with Gasteiger partial charge < -0.3 is 23.9 Å². The fourth-order valence-electron chi connectivity index (χ4n) is 3.99. The van der Waals surface area contributed by atoms with Crippen LogP contribution in [0.4, 0.5) is 0 Å². The maximum absolute atomic E-state index is 13.2. The van der Waals surface area contributed by atoms with Crippen LogP contribution < -0.4 is 4.74 Å². The molecule has 2 atom stereocenters. The summed E-state index contributed by atoms with van der Waals surface area (Å²) in [5.74, 6) is -0.493. The Hall–Kier alpha value is -3.06. The molecule has 1 aromatic heterocycles. The number of aryl methyl sites for hydroxylation is 1. The Balaban J connectivity index is 1.80. The van der Waals surface area contributed by atoms with Crippen LogP contribution in [0.5, 0.6) is 5.75 Å². The zero-order valence-electron chi connectivity index (χ0n) is 16.4. The number of benzene rings is 1. The standard InChI is InChI=1S/C22H23NO6/c1-13-9-10-17(29-13)20(24)18-19(15-7-3-4-8-16(15)27-2)23(22(26)21(18)25)12-14-6-5-11-28-14/h3-4,7-10,14,19,25H,5-6,11-12H2,1-2H3. The number of aliphatic hydroxyl groups is 1. The van der Waals surface area contributed by atoms with Crippen molar-refractivity contribution in [3.05, 3.63) is 64.8 Å². The molecule has 0 radical (unpaired) electrons. The predicted molar refractivity (Wildman–Crippen MR) is 104 cm³/mol. The molecule has 1 amide bonds. The molecule has 2 aliphatic heterocycles. The van der Waals surface area contributed by atoms with Gasteiger partial charge in [-0.25, -0.2) is 0 Å². The summed E-state index contributed by atoms with van der Waals surface area (Å²) >= 11 is 0. The smallest absolute Gasteiger partial charge is 0.290 e. The van der Waals surface area contributed by atoms with Gasteiger partial charge in [-0.3, -0.25) is 9.59 Å². The number of carbonyl (C=O) groups is 2. The second-order valence-electron chi connectivity index (χ2n) is 7.24. The van der Waals surface area contributed by atoms with E-state index in [4.69, 9.17) is 13.9 Å². The summed E-state index contributed by atoms with van der Waals surface area (Å²) in [5, 5.41) is 10.7. The molecule has 152 valence electrons. The van der Waals surface area contributed by atoms with Gasteiger partial charge >= 0.3 is 0 Å². The fraction of sp³-hybridized carbons (Fsp3) is 0.364. The van der Waals surface area contributed by atoms with Crippen LogP contribution in [0.1, 0.15) is 40.8 Å². The lowest BCUT2D eigenvalue weighted by Gasteiger charge is -2.29. The molecule has 2 aliphatic rings. The van der Waals surface area contributed by atoms with Crippen molar-refractivity contribution < 1.29 is 28.6 Å². The van der Waals surface area contributed by atoms with Crippen LogP contribution in [0, 0.1) is 6.92 Å². The van der Waals surface area contributed by atoms with Crippen LogP contribution >= 0.6 is 0 Å². The van der Waals surface area contributed by atoms with Gasteiger partial charge in [0.25, 0.3) is 5.91 Å². The van der Waals surface area contributed by atoms with Gasteiger partial charge in [-0.15, -0.1) is 0 Å². The largest absolute Gasteiger partial charge is 0.503 e. The normalized spacial score (nSPS) is 21.9. The average molecular weight is 397 g/mol. The van der Waals surface area contributed by atoms with Crippen molar-refractivity contribution in [3.63, 3.8) is 0 Å². The van der Waals surface area contributed by atoms with Crippen molar-refractivity contribution >= 4 is 11.7 Å². The molecule has 2 unspecified atom stereocenters. The summed E-state index contributed by atoms with van der Waals surface area (Å²) in [5.41, 5.74) is 0.615. The SMILES string of the molecule is COc1ccccc1C1C(C(=O)c2ccc(C)o2)=C(O)C(=O)N1CC1CCCO1. The zero-order chi connectivity index (χ0) is 20.5. The van der Waals surface area contributed by atoms with Crippen molar-refractivity contribution in [1.29, 1.82) is 0 Å². The van der Waals surface area contributed by atoms with E-state index in [2.05, 4.69) is 0 Å². The number of para-hydroxylation sites is 1. The summed E-state index contributed by atoms with van der Waals surface area (Å²) in [6.07, 6.45) is 1.61. The number of ether oxygens (including phenoxy) is 2. The molecule has 3 heterocycles. The van der Waals surface area contributed by atoms with Gasteiger partial charge in [-0.1, -0.05) is 18.2 Å². The molecule has 0 aliphatic carbocycles. The van der Waals surface area contributed by atoms with Crippen LogP contribution in [-0.2, 0) is 9.53 Å². The van der Waals surface area contributed by atoms with E-state index in [1.54, 1.807) is 37.3 Å². The highest BCUT2D eigenvalue weighted by molar-refractivity contribution is 6.15. The fourth-order valence-corrected chi connectivity index (χ4v) is 3.99. The molecular formula is C22H23NO6. The third-order valence-corrected chi connectivity index (χ3v) is 5.37. The van der Waals surface area contributed by atoms with Crippen LogP contribution in [0.15, 0.2) is 52.1 Å².